The molecule has 3 aromatic rings. The van der Waals surface area contributed by atoms with Crippen molar-refractivity contribution in [1.29, 1.82) is 0 Å². The molecule has 27 heavy (non-hydrogen) atoms. The van der Waals surface area contributed by atoms with Gasteiger partial charge in [0.15, 0.2) is 11.5 Å². The first kappa shape index (κ1) is 16.8. The Morgan fingerprint density at radius 1 is 1.07 bits per heavy atom. The van der Waals surface area contributed by atoms with Crippen molar-refractivity contribution in [3.8, 4) is 11.5 Å². The summed E-state index contributed by atoms with van der Waals surface area (Å²) in [5, 5.41) is 0. The lowest BCUT2D eigenvalue weighted by Gasteiger charge is -2.30. The molecule has 0 radical (unpaired) electrons. The van der Waals surface area contributed by atoms with Crippen molar-refractivity contribution in [3.63, 3.8) is 0 Å². The number of rotatable bonds is 5. The number of nitrogens with zero attached hydrogens (tertiary/aromatic N) is 1. The largest absolute Gasteiger partial charge is 0.492 e. The highest BCUT2D eigenvalue weighted by Crippen LogP contribution is 2.37. The molecule has 4 rings (SSSR count). The van der Waals surface area contributed by atoms with Crippen molar-refractivity contribution in [2.75, 3.05) is 23.8 Å². The molecule has 1 aliphatic rings. The molecule has 1 aromatic heterocycles. The van der Waals surface area contributed by atoms with Gasteiger partial charge in [-0.25, -0.2) is 0 Å². The minimum Gasteiger partial charge on any atom is -0.492 e. The number of amides is 1. The number of hydrogen-bond acceptors (Lipinski definition) is 5. The van der Waals surface area contributed by atoms with Gasteiger partial charge in [0, 0.05) is 17.8 Å². The second kappa shape index (κ2) is 7.29. The lowest BCUT2D eigenvalue weighted by atomic mass is 10.2. The summed E-state index contributed by atoms with van der Waals surface area (Å²) in [6.07, 6.45) is 3.11. The van der Waals surface area contributed by atoms with Crippen molar-refractivity contribution in [1.82, 2.24) is 0 Å². The molecule has 0 fully saturated rings. The number of carbonyl (C=O) groups is 1. The molecular formula is C21H18N2O4. The van der Waals surface area contributed by atoms with E-state index in [1.54, 1.807) is 41.3 Å². The van der Waals surface area contributed by atoms with Crippen molar-refractivity contribution in [2.24, 2.45) is 0 Å². The lowest BCUT2D eigenvalue weighted by molar-refractivity contribution is -0.117. The van der Waals surface area contributed by atoms with E-state index in [1.807, 2.05) is 30.3 Å². The number of furan rings is 1. The topological polar surface area (TPSA) is 77.9 Å². The monoisotopic (exact) mass is 362 g/mol. The molecular weight excluding hydrogens is 344 g/mol. The molecule has 0 unspecified atom stereocenters. The molecule has 0 spiro atoms. The molecule has 2 heterocycles. The Morgan fingerprint density at radius 2 is 1.93 bits per heavy atom. The molecule has 6 heteroatoms. The number of anilines is 2. The zero-order chi connectivity index (χ0) is 18.6. The fourth-order valence-corrected chi connectivity index (χ4v) is 2.83. The SMILES string of the molecule is Nc1ccc2c(c1)O/C(=C/c1ccco1)C(=O)N2CCOc1ccccc1. The highest BCUT2D eigenvalue weighted by molar-refractivity contribution is 6.09. The van der Waals surface area contributed by atoms with Gasteiger partial charge in [-0.2, -0.15) is 0 Å². The number of carbonyl (C=O) groups excluding carboxylic acids is 1. The quantitative estimate of drug-likeness (QED) is 0.553. The van der Waals surface area contributed by atoms with E-state index in [2.05, 4.69) is 0 Å². The summed E-state index contributed by atoms with van der Waals surface area (Å²) in [6, 6.07) is 18.2. The van der Waals surface area contributed by atoms with Gasteiger partial charge in [0.1, 0.15) is 18.1 Å². The summed E-state index contributed by atoms with van der Waals surface area (Å²) in [6.45, 7) is 0.705. The van der Waals surface area contributed by atoms with Gasteiger partial charge >= 0.3 is 0 Å². The van der Waals surface area contributed by atoms with Crippen LogP contribution in [0.4, 0.5) is 11.4 Å². The molecule has 0 atom stereocenters. The molecule has 6 nitrogen and oxygen atoms in total. The van der Waals surface area contributed by atoms with Crippen LogP contribution in [0.25, 0.3) is 6.08 Å². The molecule has 0 bridgehead atoms. The van der Waals surface area contributed by atoms with Gasteiger partial charge in [0.2, 0.25) is 0 Å². The Morgan fingerprint density at radius 3 is 2.70 bits per heavy atom. The third kappa shape index (κ3) is 3.64. The van der Waals surface area contributed by atoms with E-state index in [0.29, 0.717) is 36.0 Å². The molecule has 2 N–H and O–H groups in total. The Kier molecular flexibility index (Phi) is 4.53. The van der Waals surface area contributed by atoms with E-state index in [-0.39, 0.29) is 11.7 Å². The van der Waals surface area contributed by atoms with E-state index in [9.17, 15) is 4.79 Å². The molecule has 0 aliphatic carbocycles. The molecule has 1 amide bonds. The van der Waals surface area contributed by atoms with E-state index in [4.69, 9.17) is 19.6 Å². The minimum absolute atomic E-state index is 0.169. The van der Waals surface area contributed by atoms with Crippen LogP contribution >= 0.6 is 0 Å². The fraction of sp³-hybridized carbons (Fsp3) is 0.0952. The zero-order valence-electron chi connectivity index (χ0n) is 14.5. The van der Waals surface area contributed by atoms with Crippen molar-refractivity contribution in [2.45, 2.75) is 0 Å². The van der Waals surface area contributed by atoms with E-state index < -0.39 is 0 Å². The average Bonchev–Trinajstić information content (AvgIpc) is 3.18. The van der Waals surface area contributed by atoms with Gasteiger partial charge in [-0.15, -0.1) is 0 Å². The summed E-state index contributed by atoms with van der Waals surface area (Å²) in [7, 11) is 0. The third-order valence-electron chi connectivity index (χ3n) is 4.09. The first-order chi connectivity index (χ1) is 13.2. The number of benzene rings is 2. The van der Waals surface area contributed by atoms with Crippen molar-refractivity contribution < 1.29 is 18.7 Å². The second-order valence-corrected chi connectivity index (χ2v) is 5.97. The molecule has 2 aromatic carbocycles. The van der Waals surface area contributed by atoms with Crippen LogP contribution in [0.1, 0.15) is 5.76 Å². The standard InChI is InChI=1S/C21H18N2O4/c22-15-8-9-18-19(13-15)27-20(14-17-7-4-11-25-17)21(24)23(18)10-12-26-16-5-2-1-3-6-16/h1-9,11,13-14H,10,12,22H2/b20-14+. The van der Waals surface area contributed by atoms with Gasteiger partial charge in [-0.1, -0.05) is 18.2 Å². The number of ether oxygens (including phenoxy) is 2. The van der Waals surface area contributed by atoms with Gasteiger partial charge in [0.05, 0.1) is 18.5 Å². The van der Waals surface area contributed by atoms with Crippen LogP contribution in [0.5, 0.6) is 11.5 Å². The van der Waals surface area contributed by atoms with Crippen LogP contribution in [0.2, 0.25) is 0 Å². The molecule has 1 aliphatic heterocycles. The number of nitrogens with two attached hydrogens (primary N) is 1. The summed E-state index contributed by atoms with van der Waals surface area (Å²) >= 11 is 0. The van der Waals surface area contributed by atoms with Crippen LogP contribution in [-0.4, -0.2) is 19.1 Å². The lowest BCUT2D eigenvalue weighted by Crippen LogP contribution is -2.40. The van der Waals surface area contributed by atoms with Crippen LogP contribution < -0.4 is 20.1 Å². The predicted molar refractivity (Wildman–Crippen MR) is 102 cm³/mol. The number of hydrogen-bond donors (Lipinski definition) is 1. The Labute approximate surface area is 156 Å². The van der Waals surface area contributed by atoms with Gasteiger partial charge in [-0.05, 0) is 36.4 Å². The Bertz CT molecular complexity index is 965. The van der Waals surface area contributed by atoms with Gasteiger partial charge in [-0.3, -0.25) is 9.69 Å². The number of nitrogen functional groups attached to an aromatic ring is 1. The van der Waals surface area contributed by atoms with Crippen LogP contribution in [-0.2, 0) is 4.79 Å². The fourth-order valence-electron chi connectivity index (χ4n) is 2.83. The maximum absolute atomic E-state index is 12.9. The van der Waals surface area contributed by atoms with Crippen molar-refractivity contribution >= 4 is 23.4 Å². The molecule has 136 valence electrons. The number of fused-ring (bicyclic) bond motifs is 1. The highest BCUT2D eigenvalue weighted by Gasteiger charge is 2.30. The summed E-state index contributed by atoms with van der Waals surface area (Å²) < 4.78 is 16.8. The highest BCUT2D eigenvalue weighted by atomic mass is 16.5. The Balaban J connectivity index is 1.59. The second-order valence-electron chi connectivity index (χ2n) is 5.97. The van der Waals surface area contributed by atoms with Gasteiger partial charge in [0.25, 0.3) is 5.91 Å². The van der Waals surface area contributed by atoms with Crippen molar-refractivity contribution in [3.05, 3.63) is 78.4 Å². The third-order valence-corrected chi connectivity index (χ3v) is 4.09. The van der Waals surface area contributed by atoms with E-state index in [1.165, 1.54) is 6.26 Å². The summed E-state index contributed by atoms with van der Waals surface area (Å²) in [4.78, 5) is 14.6. The van der Waals surface area contributed by atoms with Gasteiger partial charge < -0.3 is 19.6 Å². The van der Waals surface area contributed by atoms with Crippen LogP contribution in [0, 0.1) is 0 Å². The number of para-hydroxylation sites is 1. The van der Waals surface area contributed by atoms with E-state index >= 15 is 0 Å². The minimum atomic E-state index is -0.264. The predicted octanol–water partition coefficient (Wildman–Crippen LogP) is 3.71. The first-order valence-corrected chi connectivity index (χ1v) is 8.53. The summed E-state index contributed by atoms with van der Waals surface area (Å²) in [5.41, 5.74) is 7.08. The van der Waals surface area contributed by atoms with Crippen LogP contribution in [0.3, 0.4) is 0 Å². The normalized spacial score (nSPS) is 14.7. The Hall–Kier alpha value is -3.67. The first-order valence-electron chi connectivity index (χ1n) is 8.53. The van der Waals surface area contributed by atoms with Crippen LogP contribution in [0.15, 0.2) is 77.1 Å². The molecule has 0 saturated carbocycles. The maximum atomic E-state index is 12.9. The maximum Gasteiger partial charge on any atom is 0.294 e. The summed E-state index contributed by atoms with van der Waals surface area (Å²) in [5.74, 6) is 1.71. The smallest absolute Gasteiger partial charge is 0.294 e. The van der Waals surface area contributed by atoms with E-state index in [0.717, 1.165) is 5.75 Å². The average molecular weight is 362 g/mol. The zero-order valence-corrected chi connectivity index (χ0v) is 14.5. The molecule has 0 saturated heterocycles.